The molecule has 1 N–H and O–H groups in total. The fourth-order valence-corrected chi connectivity index (χ4v) is 4.39. The first kappa shape index (κ1) is 12.4. The lowest BCUT2D eigenvalue weighted by Crippen LogP contribution is -2.24. The summed E-state index contributed by atoms with van der Waals surface area (Å²) in [6.45, 7) is 0. The zero-order chi connectivity index (χ0) is 13.9. The number of benzene rings is 1. The lowest BCUT2D eigenvalue weighted by Gasteiger charge is -2.25. The van der Waals surface area contributed by atoms with E-state index in [0.717, 1.165) is 23.4 Å². The van der Waals surface area contributed by atoms with Gasteiger partial charge in [-0.2, -0.15) is 0 Å². The Balaban J connectivity index is 1.61. The van der Waals surface area contributed by atoms with E-state index in [-0.39, 0.29) is 5.91 Å². The highest BCUT2D eigenvalue weighted by Crippen LogP contribution is 2.57. The van der Waals surface area contributed by atoms with Gasteiger partial charge in [0.15, 0.2) is 0 Å². The van der Waals surface area contributed by atoms with Crippen molar-refractivity contribution in [2.75, 3.05) is 19.0 Å². The predicted molar refractivity (Wildman–Crippen MR) is 79.7 cm³/mol. The molecule has 1 aliphatic heterocycles. The van der Waals surface area contributed by atoms with Crippen molar-refractivity contribution in [3.63, 3.8) is 0 Å². The molecule has 2 saturated carbocycles. The van der Waals surface area contributed by atoms with Crippen LogP contribution in [0.4, 0.5) is 5.69 Å². The van der Waals surface area contributed by atoms with Crippen molar-refractivity contribution in [1.29, 1.82) is 0 Å². The van der Waals surface area contributed by atoms with Crippen LogP contribution in [0.5, 0.6) is 0 Å². The quantitative estimate of drug-likeness (QED) is 0.915. The van der Waals surface area contributed by atoms with E-state index >= 15 is 0 Å². The number of hydrogen-bond acceptors (Lipinski definition) is 2. The second kappa shape index (κ2) is 4.32. The van der Waals surface area contributed by atoms with Crippen LogP contribution in [0.25, 0.3) is 0 Å². The molecule has 20 heavy (non-hydrogen) atoms. The Morgan fingerprint density at radius 2 is 2.00 bits per heavy atom. The molecule has 1 aromatic rings. The van der Waals surface area contributed by atoms with Crippen LogP contribution in [0.15, 0.2) is 18.2 Å². The van der Waals surface area contributed by atoms with E-state index in [1.807, 2.05) is 7.05 Å². The summed E-state index contributed by atoms with van der Waals surface area (Å²) in [6.07, 6.45) is 4.79. The maximum Gasteiger partial charge on any atom is 0.231 e. The molecule has 2 aliphatic carbocycles. The zero-order valence-corrected chi connectivity index (χ0v) is 12.2. The molecular weight excluding hydrogens is 248 g/mol. The van der Waals surface area contributed by atoms with Crippen molar-refractivity contribution in [1.82, 2.24) is 5.32 Å². The first-order chi connectivity index (χ1) is 9.67. The van der Waals surface area contributed by atoms with Crippen LogP contribution < -0.4 is 10.2 Å². The van der Waals surface area contributed by atoms with Gasteiger partial charge in [0.2, 0.25) is 5.91 Å². The van der Waals surface area contributed by atoms with E-state index in [4.69, 9.17) is 0 Å². The molecule has 1 aromatic carbocycles. The van der Waals surface area contributed by atoms with Gasteiger partial charge in [0.05, 0.1) is 6.42 Å². The summed E-state index contributed by atoms with van der Waals surface area (Å²) < 4.78 is 0. The van der Waals surface area contributed by atoms with Crippen LogP contribution >= 0.6 is 0 Å². The molecule has 3 atom stereocenters. The Morgan fingerprint density at radius 3 is 2.70 bits per heavy atom. The van der Waals surface area contributed by atoms with Gasteiger partial charge in [0, 0.05) is 18.8 Å². The Labute approximate surface area is 120 Å². The summed E-state index contributed by atoms with van der Waals surface area (Å²) >= 11 is 0. The monoisotopic (exact) mass is 270 g/mol. The minimum absolute atomic E-state index is 0.209. The summed E-state index contributed by atoms with van der Waals surface area (Å²) in [4.78, 5) is 13.6. The Bertz CT molecular complexity index is 558. The number of hydrogen-bond donors (Lipinski definition) is 1. The third-order valence-electron chi connectivity index (χ3n) is 5.60. The first-order valence-corrected chi connectivity index (χ1v) is 7.74. The Kier molecular flexibility index (Phi) is 2.68. The van der Waals surface area contributed by atoms with Gasteiger partial charge in [-0.25, -0.2) is 0 Å². The van der Waals surface area contributed by atoms with Gasteiger partial charge in [0.1, 0.15) is 0 Å². The van der Waals surface area contributed by atoms with Gasteiger partial charge in [-0.15, -0.1) is 0 Å². The second-order valence-corrected chi connectivity index (χ2v) is 6.77. The van der Waals surface area contributed by atoms with Gasteiger partial charge >= 0.3 is 0 Å². The molecule has 0 aromatic heterocycles. The molecule has 1 amide bonds. The van der Waals surface area contributed by atoms with Crippen molar-refractivity contribution < 1.29 is 4.79 Å². The minimum Gasteiger partial charge on any atom is -0.315 e. The molecule has 1 heterocycles. The lowest BCUT2D eigenvalue weighted by atomic mass is 9.88. The third kappa shape index (κ3) is 1.80. The number of rotatable bonds is 3. The molecule has 106 valence electrons. The highest BCUT2D eigenvalue weighted by atomic mass is 16.2. The maximum absolute atomic E-state index is 11.8. The van der Waals surface area contributed by atoms with E-state index in [1.165, 1.54) is 30.4 Å². The van der Waals surface area contributed by atoms with E-state index in [0.29, 0.717) is 12.5 Å². The Morgan fingerprint density at radius 1 is 1.25 bits per heavy atom. The topological polar surface area (TPSA) is 32.3 Å². The standard InChI is InChI=1S/C17H22N2O/c1-18-17(14-7-11-6-12(11)8-14)10-3-4-15-13(5-10)9-16(20)19(15)2/h3-5,11-12,14,17-18H,6-9H2,1-2H3. The lowest BCUT2D eigenvalue weighted by molar-refractivity contribution is -0.117. The van der Waals surface area contributed by atoms with E-state index in [2.05, 4.69) is 30.6 Å². The van der Waals surface area contributed by atoms with Crippen LogP contribution in [-0.4, -0.2) is 20.0 Å². The fourth-order valence-electron chi connectivity index (χ4n) is 4.39. The molecule has 3 nitrogen and oxygen atoms in total. The number of fused-ring (bicyclic) bond motifs is 2. The minimum atomic E-state index is 0.209. The molecule has 3 unspecified atom stereocenters. The zero-order valence-electron chi connectivity index (χ0n) is 12.2. The average molecular weight is 270 g/mol. The summed E-state index contributed by atoms with van der Waals surface area (Å²) in [6, 6.07) is 7.03. The SMILES string of the molecule is CNC(c1ccc2c(c1)CC(=O)N2C)C1CC2CC2C1. The number of carbonyl (C=O) groups excluding carboxylic acids is 1. The molecule has 3 heteroatoms. The first-order valence-electron chi connectivity index (χ1n) is 7.74. The smallest absolute Gasteiger partial charge is 0.231 e. The van der Waals surface area contributed by atoms with Crippen molar-refractivity contribution >= 4 is 11.6 Å². The van der Waals surface area contributed by atoms with Gasteiger partial charge < -0.3 is 10.2 Å². The molecule has 4 rings (SSSR count). The highest BCUT2D eigenvalue weighted by Gasteiger charge is 2.47. The number of carbonyl (C=O) groups is 1. The average Bonchev–Trinajstić information content (AvgIpc) is 2.94. The summed E-state index contributed by atoms with van der Waals surface area (Å²) in [5.74, 6) is 3.01. The molecule has 0 radical (unpaired) electrons. The molecule has 0 spiro atoms. The maximum atomic E-state index is 11.8. The largest absolute Gasteiger partial charge is 0.315 e. The molecule has 3 aliphatic rings. The summed E-state index contributed by atoms with van der Waals surface area (Å²) in [5, 5.41) is 3.52. The van der Waals surface area contributed by atoms with Gasteiger partial charge in [-0.1, -0.05) is 12.1 Å². The van der Waals surface area contributed by atoms with Crippen LogP contribution in [-0.2, 0) is 11.2 Å². The van der Waals surface area contributed by atoms with Crippen molar-refractivity contribution in [3.8, 4) is 0 Å². The van der Waals surface area contributed by atoms with Gasteiger partial charge in [0.25, 0.3) is 0 Å². The molecule has 0 bridgehead atoms. The summed E-state index contributed by atoms with van der Waals surface area (Å²) in [5.41, 5.74) is 3.64. The number of nitrogens with zero attached hydrogens (tertiary/aromatic N) is 1. The van der Waals surface area contributed by atoms with Gasteiger partial charge in [-0.05, 0) is 61.3 Å². The highest BCUT2D eigenvalue weighted by molar-refractivity contribution is 6.00. The van der Waals surface area contributed by atoms with Crippen molar-refractivity contribution in [2.45, 2.75) is 31.7 Å². The van der Waals surface area contributed by atoms with E-state index in [9.17, 15) is 4.79 Å². The fraction of sp³-hybridized carbons (Fsp3) is 0.588. The Hall–Kier alpha value is -1.35. The van der Waals surface area contributed by atoms with Crippen LogP contribution in [0, 0.1) is 17.8 Å². The van der Waals surface area contributed by atoms with Crippen molar-refractivity contribution in [3.05, 3.63) is 29.3 Å². The van der Waals surface area contributed by atoms with Crippen LogP contribution in [0.2, 0.25) is 0 Å². The number of nitrogens with one attached hydrogen (secondary N) is 1. The molecule has 2 fully saturated rings. The van der Waals surface area contributed by atoms with Crippen LogP contribution in [0.3, 0.4) is 0 Å². The van der Waals surface area contributed by atoms with Gasteiger partial charge in [-0.3, -0.25) is 4.79 Å². The van der Waals surface area contributed by atoms with E-state index in [1.54, 1.807) is 4.90 Å². The van der Waals surface area contributed by atoms with Crippen LogP contribution in [0.1, 0.15) is 36.4 Å². The number of likely N-dealkylation sites (N-methyl/N-ethyl adjacent to an activating group) is 1. The van der Waals surface area contributed by atoms with Crippen molar-refractivity contribution in [2.24, 2.45) is 17.8 Å². The summed E-state index contributed by atoms with van der Waals surface area (Å²) in [7, 11) is 3.94. The molecule has 0 saturated heterocycles. The second-order valence-electron chi connectivity index (χ2n) is 6.77. The molecular formula is C17H22N2O. The third-order valence-corrected chi connectivity index (χ3v) is 5.60. The van der Waals surface area contributed by atoms with E-state index < -0.39 is 0 Å². The predicted octanol–water partition coefficient (Wildman–Crippen LogP) is 2.51. The normalized spacial score (nSPS) is 32.2. The number of anilines is 1. The number of amides is 1.